The van der Waals surface area contributed by atoms with E-state index >= 15 is 0 Å². The van der Waals surface area contributed by atoms with Gasteiger partial charge >= 0.3 is 6.36 Å². The van der Waals surface area contributed by atoms with Crippen LogP contribution in [0.25, 0.3) is 11.4 Å². The fourth-order valence-corrected chi connectivity index (χ4v) is 4.42. The minimum absolute atomic E-state index is 0.0289. The van der Waals surface area contributed by atoms with E-state index in [1.165, 1.54) is 17.2 Å². The summed E-state index contributed by atoms with van der Waals surface area (Å²) >= 11 is 0. The summed E-state index contributed by atoms with van der Waals surface area (Å²) in [5, 5.41) is 4.29. The SMILES string of the molecule is CN1CCN(c2ccc(OC(F)(F)F)c(Nn3nc(C(N)=O)c4c3-c3ncncc3CC4)c2)CC1. The number of likely N-dealkylation sites (N-methyl/N-ethyl adjacent to an activating group) is 1. The number of amides is 1. The molecule has 0 atom stereocenters. The fraction of sp³-hybridized carbons (Fsp3) is 0.364. The molecule has 184 valence electrons. The van der Waals surface area contributed by atoms with Crippen molar-refractivity contribution >= 4 is 17.3 Å². The van der Waals surface area contributed by atoms with Gasteiger partial charge in [0.25, 0.3) is 5.91 Å². The Balaban J connectivity index is 1.59. The minimum Gasteiger partial charge on any atom is -0.404 e. The van der Waals surface area contributed by atoms with E-state index in [1.807, 2.05) is 7.05 Å². The van der Waals surface area contributed by atoms with Gasteiger partial charge in [0.15, 0.2) is 11.4 Å². The number of aryl methyl sites for hydroxylation is 1. The van der Waals surface area contributed by atoms with Crippen LogP contribution in [0, 0.1) is 0 Å². The number of fused-ring (bicyclic) bond motifs is 3. The zero-order valence-electron chi connectivity index (χ0n) is 18.8. The third-order valence-electron chi connectivity index (χ3n) is 6.16. The van der Waals surface area contributed by atoms with Gasteiger partial charge in [-0.25, -0.2) is 9.97 Å². The lowest BCUT2D eigenvalue weighted by atomic mass is 9.93. The number of nitrogens with zero attached hydrogens (tertiary/aromatic N) is 6. The van der Waals surface area contributed by atoms with Gasteiger partial charge in [-0.15, -0.1) is 18.3 Å². The molecule has 0 radical (unpaired) electrons. The Bertz CT molecular complexity index is 1270. The van der Waals surface area contributed by atoms with Gasteiger partial charge in [0.05, 0.1) is 5.69 Å². The van der Waals surface area contributed by atoms with E-state index in [2.05, 4.69) is 35.0 Å². The molecule has 5 rings (SSSR count). The standard InChI is InChI=1S/C22H23F3N8O2/c1-31-6-8-32(9-7-31)14-3-5-17(35-22(23,24)25)16(10-14)29-33-20-15(19(30-33)21(26)34)4-2-13-11-27-12-28-18(13)20/h3,5,10-12,29H,2,4,6-9H2,1H3,(H2,26,34). The van der Waals surface area contributed by atoms with E-state index in [0.29, 0.717) is 29.8 Å². The van der Waals surface area contributed by atoms with E-state index in [1.54, 1.807) is 18.3 Å². The van der Waals surface area contributed by atoms with Gasteiger partial charge in [-0.1, -0.05) is 0 Å². The van der Waals surface area contributed by atoms with Crippen molar-refractivity contribution in [2.75, 3.05) is 43.6 Å². The second-order valence-corrected chi connectivity index (χ2v) is 8.48. The number of halogens is 3. The summed E-state index contributed by atoms with van der Waals surface area (Å²) in [5.41, 5.74) is 11.6. The summed E-state index contributed by atoms with van der Waals surface area (Å²) in [7, 11) is 2.02. The van der Waals surface area contributed by atoms with E-state index in [-0.39, 0.29) is 11.4 Å². The number of carbonyl (C=O) groups excluding carboxylic acids is 1. The fourth-order valence-electron chi connectivity index (χ4n) is 4.42. The molecule has 3 N–H and O–H groups in total. The predicted octanol–water partition coefficient (Wildman–Crippen LogP) is 2.06. The van der Waals surface area contributed by atoms with Crippen LogP contribution in [0.5, 0.6) is 5.75 Å². The number of primary amides is 1. The Kier molecular flexibility index (Phi) is 5.71. The second kappa shape index (κ2) is 8.73. The summed E-state index contributed by atoms with van der Waals surface area (Å²) in [6, 6.07) is 4.44. The van der Waals surface area contributed by atoms with Gasteiger partial charge in [-0.2, -0.15) is 4.79 Å². The molecule has 2 aromatic heterocycles. The monoisotopic (exact) mass is 488 g/mol. The summed E-state index contributed by atoms with van der Waals surface area (Å²) < 4.78 is 43.8. The molecule has 10 nitrogen and oxygen atoms in total. The van der Waals surface area contributed by atoms with Crippen LogP contribution in [-0.2, 0) is 12.8 Å². The van der Waals surface area contributed by atoms with Crippen molar-refractivity contribution in [1.82, 2.24) is 24.8 Å². The predicted molar refractivity (Wildman–Crippen MR) is 121 cm³/mol. The van der Waals surface area contributed by atoms with Crippen LogP contribution >= 0.6 is 0 Å². The molecule has 0 unspecified atom stereocenters. The van der Waals surface area contributed by atoms with E-state index in [9.17, 15) is 18.0 Å². The Morgan fingerprint density at radius 2 is 1.94 bits per heavy atom. The molecule has 3 heterocycles. The molecule has 1 fully saturated rings. The first-order valence-electron chi connectivity index (χ1n) is 11.0. The molecule has 0 saturated carbocycles. The summed E-state index contributed by atoms with van der Waals surface area (Å²) in [4.78, 5) is 26.0. The summed E-state index contributed by atoms with van der Waals surface area (Å²) in [6.07, 6.45) is -0.826. The Morgan fingerprint density at radius 1 is 1.17 bits per heavy atom. The smallest absolute Gasteiger partial charge is 0.404 e. The first kappa shape index (κ1) is 22.9. The summed E-state index contributed by atoms with van der Waals surface area (Å²) in [5.74, 6) is -1.17. The number of anilines is 2. The number of rotatable bonds is 5. The second-order valence-electron chi connectivity index (χ2n) is 8.48. The van der Waals surface area contributed by atoms with Gasteiger partial charge in [-0.3, -0.25) is 10.2 Å². The topological polar surface area (TPSA) is 114 Å². The van der Waals surface area contributed by atoms with Crippen LogP contribution in [-0.4, -0.2) is 70.3 Å². The van der Waals surface area contributed by atoms with E-state index in [0.717, 1.165) is 37.4 Å². The molecular weight excluding hydrogens is 465 g/mol. The van der Waals surface area contributed by atoms with Gasteiger partial charge < -0.3 is 20.3 Å². The molecule has 1 saturated heterocycles. The highest BCUT2D eigenvalue weighted by atomic mass is 19.4. The van der Waals surface area contributed by atoms with Gasteiger partial charge in [0, 0.05) is 43.6 Å². The average Bonchev–Trinajstić information content (AvgIpc) is 3.19. The molecule has 0 bridgehead atoms. The number of carbonyl (C=O) groups is 1. The van der Waals surface area contributed by atoms with E-state index in [4.69, 9.17) is 5.73 Å². The maximum absolute atomic E-state index is 13.2. The molecular formula is C22H23F3N8O2. The lowest BCUT2D eigenvalue weighted by Gasteiger charge is -2.34. The summed E-state index contributed by atoms with van der Waals surface area (Å²) in [6.45, 7) is 3.11. The van der Waals surface area contributed by atoms with Crippen LogP contribution in [0.1, 0.15) is 21.6 Å². The third kappa shape index (κ3) is 4.58. The average molecular weight is 488 g/mol. The van der Waals surface area contributed by atoms with E-state index < -0.39 is 18.0 Å². The van der Waals surface area contributed by atoms with Gasteiger partial charge in [-0.05, 0) is 43.7 Å². The minimum atomic E-state index is -4.90. The highest BCUT2D eigenvalue weighted by molar-refractivity contribution is 5.94. The van der Waals surface area contributed by atoms with Crippen LogP contribution < -0.4 is 20.8 Å². The van der Waals surface area contributed by atoms with Crippen molar-refractivity contribution in [3.63, 3.8) is 0 Å². The molecule has 1 aliphatic heterocycles. The Labute approximate surface area is 198 Å². The maximum Gasteiger partial charge on any atom is 0.573 e. The third-order valence-corrected chi connectivity index (χ3v) is 6.16. The van der Waals surface area contributed by atoms with Crippen molar-refractivity contribution in [3.8, 4) is 17.1 Å². The highest BCUT2D eigenvalue weighted by Crippen LogP contribution is 2.37. The highest BCUT2D eigenvalue weighted by Gasteiger charge is 2.33. The lowest BCUT2D eigenvalue weighted by molar-refractivity contribution is -0.274. The molecule has 1 aliphatic carbocycles. The van der Waals surface area contributed by atoms with Crippen molar-refractivity contribution in [2.45, 2.75) is 19.2 Å². The zero-order valence-corrected chi connectivity index (χ0v) is 18.8. The quantitative estimate of drug-likeness (QED) is 0.561. The first-order valence-corrected chi connectivity index (χ1v) is 11.0. The van der Waals surface area contributed by atoms with Crippen molar-refractivity contribution in [3.05, 3.63) is 47.5 Å². The molecule has 1 amide bonds. The first-order chi connectivity index (χ1) is 16.7. The number of piperazine rings is 1. The molecule has 35 heavy (non-hydrogen) atoms. The number of ether oxygens (including phenoxy) is 1. The lowest BCUT2D eigenvalue weighted by Crippen LogP contribution is -2.44. The number of nitrogens with two attached hydrogens (primary N) is 1. The van der Waals surface area contributed by atoms with Crippen molar-refractivity contribution in [1.29, 1.82) is 0 Å². The van der Waals surface area contributed by atoms with Gasteiger partial charge in [0.1, 0.15) is 17.7 Å². The number of hydrogen-bond acceptors (Lipinski definition) is 8. The number of hydrogen-bond donors (Lipinski definition) is 2. The van der Waals surface area contributed by atoms with Crippen molar-refractivity contribution < 1.29 is 22.7 Å². The number of aromatic nitrogens is 4. The number of nitrogens with one attached hydrogen (secondary N) is 1. The molecule has 0 spiro atoms. The molecule has 1 aromatic carbocycles. The molecule has 13 heteroatoms. The Hall–Kier alpha value is -3.87. The van der Waals surface area contributed by atoms with Crippen LogP contribution in [0.3, 0.4) is 0 Å². The normalized spacial score (nSPS) is 15.9. The molecule has 3 aromatic rings. The molecule has 2 aliphatic rings. The van der Waals surface area contributed by atoms with Crippen LogP contribution in [0.4, 0.5) is 24.5 Å². The number of alkyl halides is 3. The van der Waals surface area contributed by atoms with Crippen molar-refractivity contribution in [2.24, 2.45) is 5.73 Å². The van der Waals surface area contributed by atoms with Gasteiger partial charge in [0.2, 0.25) is 0 Å². The van der Waals surface area contributed by atoms with Crippen LogP contribution in [0.2, 0.25) is 0 Å². The zero-order chi connectivity index (χ0) is 24.7. The van der Waals surface area contributed by atoms with Crippen LogP contribution in [0.15, 0.2) is 30.7 Å². The largest absolute Gasteiger partial charge is 0.573 e. The number of benzene rings is 1. The maximum atomic E-state index is 13.2. The Morgan fingerprint density at radius 3 is 2.66 bits per heavy atom.